The summed E-state index contributed by atoms with van der Waals surface area (Å²) in [5.41, 5.74) is 1.22. The first-order valence-corrected chi connectivity index (χ1v) is 4.26. The van der Waals surface area contributed by atoms with Crippen molar-refractivity contribution in [3.8, 4) is 0 Å². The predicted molar refractivity (Wildman–Crippen MR) is 49.3 cm³/mol. The maximum atomic E-state index is 4.82. The molecule has 1 aromatic rings. The second kappa shape index (κ2) is 10.5. The fraction of sp³-hybridized carbons (Fsp3) is 0.250. The second-order valence-corrected chi connectivity index (χ2v) is 1.92. The Balaban J connectivity index is 0. The van der Waals surface area contributed by atoms with Crippen molar-refractivity contribution in [2.75, 3.05) is 6.38 Å². The Morgan fingerprint density at radius 3 is 1.91 bits per heavy atom. The summed E-state index contributed by atoms with van der Waals surface area (Å²) in [7, 11) is 0. The molecule has 0 atom stereocenters. The number of alkyl halides is 1. The molecule has 1 rings (SSSR count). The van der Waals surface area contributed by atoms with Gasteiger partial charge in [-0.3, -0.25) is 0 Å². The van der Waals surface area contributed by atoms with Crippen molar-refractivity contribution in [3.05, 3.63) is 35.9 Å². The van der Waals surface area contributed by atoms with E-state index in [-0.39, 0.29) is 18.9 Å². The standard InChI is InChI=1S/C7H8S.CH3Cl.Li/c8-6-7-4-2-1-3-5-7;1-2;/h1-5,8H,6H2;1H3;/q;;+1/p-1. The van der Waals surface area contributed by atoms with Crippen molar-refractivity contribution in [1.29, 1.82) is 0 Å². The number of hydrogen-bond donors (Lipinski definition) is 0. The van der Waals surface area contributed by atoms with E-state index < -0.39 is 0 Å². The zero-order valence-electron chi connectivity index (χ0n) is 6.88. The summed E-state index contributed by atoms with van der Waals surface area (Å²) in [6, 6.07) is 10.1. The van der Waals surface area contributed by atoms with E-state index in [1.165, 1.54) is 11.9 Å². The molecule has 1 aromatic carbocycles. The van der Waals surface area contributed by atoms with Crippen molar-refractivity contribution in [2.24, 2.45) is 0 Å². The van der Waals surface area contributed by atoms with Gasteiger partial charge in [0.2, 0.25) is 0 Å². The van der Waals surface area contributed by atoms with Gasteiger partial charge in [0.15, 0.2) is 0 Å². The molecule has 0 saturated heterocycles. The van der Waals surface area contributed by atoms with Crippen LogP contribution < -0.4 is 18.9 Å². The number of benzene rings is 1. The molecular weight excluding hydrogens is 171 g/mol. The van der Waals surface area contributed by atoms with Crippen LogP contribution in [-0.4, -0.2) is 6.38 Å². The van der Waals surface area contributed by atoms with E-state index in [2.05, 4.69) is 11.6 Å². The molecule has 0 N–H and O–H groups in total. The predicted octanol–water partition coefficient (Wildman–Crippen LogP) is -0.407. The molecule has 56 valence electrons. The molecule has 0 aliphatic heterocycles. The fourth-order valence-corrected chi connectivity index (χ4v) is 0.767. The Hall–Kier alpha value is 0.457. The molecule has 0 bridgehead atoms. The van der Waals surface area contributed by atoms with E-state index >= 15 is 0 Å². The first-order chi connectivity index (χ1) is 4.93. The summed E-state index contributed by atoms with van der Waals surface area (Å²) in [4.78, 5) is 0. The number of halogens is 1. The Kier molecular flexibility index (Phi) is 13.3. The molecule has 0 heterocycles. The van der Waals surface area contributed by atoms with E-state index in [1.807, 2.05) is 30.3 Å². The molecule has 0 aliphatic carbocycles. The summed E-state index contributed by atoms with van der Waals surface area (Å²) in [6.45, 7) is 0. The van der Waals surface area contributed by atoms with Crippen molar-refractivity contribution < 1.29 is 18.9 Å². The summed E-state index contributed by atoms with van der Waals surface area (Å²) >= 11 is 9.46. The Morgan fingerprint density at radius 2 is 1.64 bits per heavy atom. The monoisotopic (exact) mass is 180 g/mol. The van der Waals surface area contributed by atoms with Gasteiger partial charge in [0.05, 0.1) is 0 Å². The molecule has 0 aromatic heterocycles. The van der Waals surface area contributed by atoms with Crippen LogP contribution in [0.1, 0.15) is 5.56 Å². The van der Waals surface area contributed by atoms with Gasteiger partial charge >= 0.3 is 18.9 Å². The Morgan fingerprint density at radius 1 is 1.18 bits per heavy atom. The summed E-state index contributed by atoms with van der Waals surface area (Å²) < 4.78 is 0. The topological polar surface area (TPSA) is 0 Å². The van der Waals surface area contributed by atoms with Gasteiger partial charge < -0.3 is 12.6 Å². The SMILES string of the molecule is CCl.[Li+].[S-]Cc1ccccc1. The van der Waals surface area contributed by atoms with Crippen LogP contribution in [-0.2, 0) is 18.4 Å². The molecule has 0 unspecified atom stereocenters. The first-order valence-electron chi connectivity index (χ1n) is 2.93. The van der Waals surface area contributed by atoms with Crippen LogP contribution in [0.2, 0.25) is 0 Å². The molecule has 0 spiro atoms. The van der Waals surface area contributed by atoms with E-state index in [1.54, 1.807) is 0 Å². The third-order valence-corrected chi connectivity index (χ3v) is 1.34. The fourth-order valence-electron chi connectivity index (χ4n) is 0.574. The molecule has 0 radical (unpaired) electrons. The summed E-state index contributed by atoms with van der Waals surface area (Å²) in [6.07, 6.45) is 1.47. The van der Waals surface area contributed by atoms with Gasteiger partial charge in [-0.05, 0) is 0 Å². The third-order valence-electron chi connectivity index (χ3n) is 1.01. The van der Waals surface area contributed by atoms with Crippen molar-refractivity contribution in [2.45, 2.75) is 5.75 Å². The van der Waals surface area contributed by atoms with E-state index in [9.17, 15) is 0 Å². The Labute approximate surface area is 90.9 Å². The minimum atomic E-state index is 0. The van der Waals surface area contributed by atoms with Crippen LogP contribution in [0.5, 0.6) is 0 Å². The van der Waals surface area contributed by atoms with Gasteiger partial charge in [0.25, 0.3) is 0 Å². The van der Waals surface area contributed by atoms with Crippen LogP contribution in [0.4, 0.5) is 0 Å². The molecule has 0 fully saturated rings. The van der Waals surface area contributed by atoms with Crippen LogP contribution in [0.25, 0.3) is 0 Å². The van der Waals surface area contributed by atoms with Gasteiger partial charge in [-0.15, -0.1) is 11.6 Å². The zero-order valence-corrected chi connectivity index (χ0v) is 8.45. The van der Waals surface area contributed by atoms with Gasteiger partial charge in [0, 0.05) is 6.38 Å². The van der Waals surface area contributed by atoms with Crippen LogP contribution >= 0.6 is 11.6 Å². The molecule has 0 aliphatic rings. The molecule has 0 saturated carbocycles. The van der Waals surface area contributed by atoms with E-state index in [0.29, 0.717) is 0 Å². The Bertz CT molecular complexity index is 155. The smallest absolute Gasteiger partial charge is 0.788 e. The normalized spacial score (nSPS) is 7.18. The van der Waals surface area contributed by atoms with Crippen LogP contribution in [0.3, 0.4) is 0 Å². The second-order valence-electron chi connectivity index (χ2n) is 1.63. The molecule has 3 heteroatoms. The maximum absolute atomic E-state index is 4.82. The van der Waals surface area contributed by atoms with Gasteiger partial charge in [0.1, 0.15) is 0 Å². The molecular formula is C8H10ClLiS. The number of hydrogen-bond acceptors (Lipinski definition) is 1. The minimum absolute atomic E-state index is 0. The quantitative estimate of drug-likeness (QED) is 0.322. The van der Waals surface area contributed by atoms with Crippen molar-refractivity contribution in [3.63, 3.8) is 0 Å². The zero-order chi connectivity index (χ0) is 7.82. The summed E-state index contributed by atoms with van der Waals surface area (Å²) in [5, 5.41) is 0. The number of rotatable bonds is 1. The van der Waals surface area contributed by atoms with Gasteiger partial charge in [-0.25, -0.2) is 0 Å². The maximum Gasteiger partial charge on any atom is 1.00 e. The van der Waals surface area contributed by atoms with E-state index in [0.717, 1.165) is 5.75 Å². The molecule has 0 amide bonds. The van der Waals surface area contributed by atoms with E-state index in [4.69, 9.17) is 12.6 Å². The van der Waals surface area contributed by atoms with Crippen LogP contribution in [0.15, 0.2) is 30.3 Å². The average Bonchev–Trinajstić information content (AvgIpc) is 2.10. The van der Waals surface area contributed by atoms with Crippen molar-refractivity contribution in [1.82, 2.24) is 0 Å². The van der Waals surface area contributed by atoms with Gasteiger partial charge in [-0.1, -0.05) is 35.9 Å². The largest absolute Gasteiger partial charge is 1.00 e. The minimum Gasteiger partial charge on any atom is -0.788 e. The van der Waals surface area contributed by atoms with Crippen LogP contribution in [0, 0.1) is 0 Å². The molecule has 11 heavy (non-hydrogen) atoms. The van der Waals surface area contributed by atoms with Gasteiger partial charge in [-0.2, -0.15) is 5.75 Å². The first kappa shape index (κ1) is 14.0. The average molecular weight is 181 g/mol. The van der Waals surface area contributed by atoms with Crippen molar-refractivity contribution >= 4 is 24.2 Å². The third kappa shape index (κ3) is 6.84. The summed E-state index contributed by atoms with van der Waals surface area (Å²) in [5.74, 6) is 0.723. The molecule has 0 nitrogen and oxygen atoms in total.